The van der Waals surface area contributed by atoms with Gasteiger partial charge >= 0.3 is 5.97 Å². The summed E-state index contributed by atoms with van der Waals surface area (Å²) in [6.45, 7) is 2.07. The highest BCUT2D eigenvalue weighted by Crippen LogP contribution is 2.28. The zero-order valence-corrected chi connectivity index (χ0v) is 11.0. The average Bonchev–Trinajstić information content (AvgIpc) is 2.93. The molecule has 19 heavy (non-hydrogen) atoms. The maximum Gasteiger partial charge on any atom is 0.311 e. The predicted molar refractivity (Wildman–Crippen MR) is 73.5 cm³/mol. The average molecular weight is 258 g/mol. The summed E-state index contributed by atoms with van der Waals surface area (Å²) in [6, 6.07) is 7.62. The van der Waals surface area contributed by atoms with E-state index in [2.05, 4.69) is 11.9 Å². The van der Waals surface area contributed by atoms with Gasteiger partial charge in [0.2, 0.25) is 0 Å². The van der Waals surface area contributed by atoms with Gasteiger partial charge in [0.1, 0.15) is 0 Å². The Morgan fingerprint density at radius 2 is 2.21 bits per heavy atom. The summed E-state index contributed by atoms with van der Waals surface area (Å²) in [4.78, 5) is 15.5. The van der Waals surface area contributed by atoms with Crippen LogP contribution in [0.15, 0.2) is 43.0 Å². The van der Waals surface area contributed by atoms with Crippen LogP contribution in [-0.4, -0.2) is 20.6 Å². The van der Waals surface area contributed by atoms with Gasteiger partial charge in [-0.15, -0.1) is 0 Å². The van der Waals surface area contributed by atoms with Crippen LogP contribution < -0.4 is 0 Å². The fraction of sp³-hybridized carbons (Fsp3) is 0.333. The van der Waals surface area contributed by atoms with Crippen molar-refractivity contribution in [1.82, 2.24) is 9.55 Å². The molecule has 0 fully saturated rings. The molecular formula is C15H18N2O2. The van der Waals surface area contributed by atoms with Gasteiger partial charge < -0.3 is 9.67 Å². The highest BCUT2D eigenvalue weighted by atomic mass is 16.4. The first kappa shape index (κ1) is 13.3. The topological polar surface area (TPSA) is 55.1 Å². The predicted octanol–water partition coefficient (Wildman–Crippen LogP) is 3.23. The first-order chi connectivity index (χ1) is 9.24. The van der Waals surface area contributed by atoms with Crippen molar-refractivity contribution in [3.8, 4) is 5.69 Å². The van der Waals surface area contributed by atoms with Gasteiger partial charge in [-0.3, -0.25) is 4.79 Å². The van der Waals surface area contributed by atoms with Crippen LogP contribution in [0.25, 0.3) is 5.69 Å². The molecule has 1 heterocycles. The SMILES string of the molecule is CCCCC(C(=O)O)c1ccccc1-n1ccnc1. The number of aliphatic carboxylic acids is 1. The molecule has 1 atom stereocenters. The number of carboxylic acids is 1. The second kappa shape index (κ2) is 6.18. The van der Waals surface area contributed by atoms with Crippen LogP contribution in [0.3, 0.4) is 0 Å². The van der Waals surface area contributed by atoms with Crippen LogP contribution in [0.5, 0.6) is 0 Å². The molecule has 0 spiro atoms. The Labute approximate surface area is 112 Å². The molecule has 0 amide bonds. The van der Waals surface area contributed by atoms with E-state index in [4.69, 9.17) is 0 Å². The Bertz CT molecular complexity index is 535. The van der Waals surface area contributed by atoms with Gasteiger partial charge in [-0.2, -0.15) is 0 Å². The number of hydrogen-bond donors (Lipinski definition) is 1. The van der Waals surface area contributed by atoms with Crippen molar-refractivity contribution in [3.63, 3.8) is 0 Å². The maximum atomic E-state index is 11.5. The second-order valence-electron chi connectivity index (χ2n) is 4.56. The van der Waals surface area contributed by atoms with Crippen LogP contribution in [0.4, 0.5) is 0 Å². The molecule has 0 radical (unpaired) electrons. The largest absolute Gasteiger partial charge is 0.481 e. The van der Waals surface area contributed by atoms with Gasteiger partial charge in [0, 0.05) is 12.4 Å². The number of carbonyl (C=O) groups is 1. The van der Waals surface area contributed by atoms with E-state index < -0.39 is 11.9 Å². The first-order valence-electron chi connectivity index (χ1n) is 6.54. The lowest BCUT2D eigenvalue weighted by molar-refractivity contribution is -0.139. The van der Waals surface area contributed by atoms with Gasteiger partial charge in [0.05, 0.1) is 17.9 Å². The second-order valence-corrected chi connectivity index (χ2v) is 4.56. The standard InChI is InChI=1S/C15H18N2O2/c1-2-3-6-13(15(18)19)12-7-4-5-8-14(12)17-10-9-16-11-17/h4-5,7-11,13H,2-3,6H2,1H3,(H,18,19). The lowest BCUT2D eigenvalue weighted by atomic mass is 9.92. The van der Waals surface area contributed by atoms with Crippen molar-refractivity contribution in [2.45, 2.75) is 32.1 Å². The normalized spacial score (nSPS) is 12.3. The number of carboxylic acid groups (broad SMARTS) is 1. The summed E-state index contributed by atoms with van der Waals surface area (Å²) in [7, 11) is 0. The smallest absolute Gasteiger partial charge is 0.311 e. The highest BCUT2D eigenvalue weighted by molar-refractivity contribution is 5.77. The minimum atomic E-state index is -0.763. The third-order valence-corrected chi connectivity index (χ3v) is 3.24. The van der Waals surface area contributed by atoms with Gasteiger partial charge in [-0.25, -0.2) is 4.98 Å². The molecule has 1 aromatic heterocycles. The van der Waals surface area contributed by atoms with Crippen molar-refractivity contribution < 1.29 is 9.90 Å². The number of benzene rings is 1. The van der Waals surface area contributed by atoms with Crippen LogP contribution in [0.2, 0.25) is 0 Å². The Morgan fingerprint density at radius 1 is 1.42 bits per heavy atom. The molecule has 0 aliphatic carbocycles. The van der Waals surface area contributed by atoms with Gasteiger partial charge in [0.25, 0.3) is 0 Å². The number of imidazole rings is 1. The molecule has 1 aromatic carbocycles. The Morgan fingerprint density at radius 3 is 2.84 bits per heavy atom. The number of rotatable bonds is 6. The van der Waals surface area contributed by atoms with Gasteiger partial charge in [0.15, 0.2) is 0 Å². The Balaban J connectivity index is 2.39. The monoisotopic (exact) mass is 258 g/mol. The van der Waals surface area contributed by atoms with Crippen molar-refractivity contribution >= 4 is 5.97 Å². The molecule has 1 N–H and O–H groups in total. The zero-order chi connectivity index (χ0) is 13.7. The summed E-state index contributed by atoms with van der Waals surface area (Å²) < 4.78 is 1.86. The number of para-hydroxylation sites is 1. The van der Waals surface area contributed by atoms with E-state index in [1.54, 1.807) is 12.5 Å². The third kappa shape index (κ3) is 3.02. The minimum Gasteiger partial charge on any atom is -0.481 e. The molecule has 0 bridgehead atoms. The number of aromatic nitrogens is 2. The van der Waals surface area contributed by atoms with E-state index in [1.807, 2.05) is 35.0 Å². The molecule has 0 aliphatic rings. The fourth-order valence-corrected chi connectivity index (χ4v) is 2.24. The molecule has 1 unspecified atom stereocenters. The molecule has 2 aromatic rings. The van der Waals surface area contributed by atoms with Crippen LogP contribution >= 0.6 is 0 Å². The van der Waals surface area contributed by atoms with Crippen LogP contribution in [0.1, 0.15) is 37.7 Å². The van der Waals surface area contributed by atoms with E-state index in [-0.39, 0.29) is 0 Å². The fourth-order valence-electron chi connectivity index (χ4n) is 2.24. The Hall–Kier alpha value is -2.10. The summed E-state index contributed by atoms with van der Waals surface area (Å²) in [5, 5.41) is 9.45. The van der Waals surface area contributed by atoms with Gasteiger partial charge in [-0.05, 0) is 18.1 Å². The molecule has 4 nitrogen and oxygen atoms in total. The lowest BCUT2D eigenvalue weighted by Gasteiger charge is -2.17. The Kier molecular flexibility index (Phi) is 4.34. The number of nitrogens with zero attached hydrogens (tertiary/aromatic N) is 2. The highest BCUT2D eigenvalue weighted by Gasteiger charge is 2.22. The molecule has 100 valence electrons. The lowest BCUT2D eigenvalue weighted by Crippen LogP contribution is -2.14. The third-order valence-electron chi connectivity index (χ3n) is 3.24. The van der Waals surface area contributed by atoms with Crippen molar-refractivity contribution in [2.75, 3.05) is 0 Å². The first-order valence-corrected chi connectivity index (χ1v) is 6.54. The molecule has 4 heteroatoms. The number of hydrogen-bond acceptors (Lipinski definition) is 2. The number of unbranched alkanes of at least 4 members (excludes halogenated alkanes) is 1. The molecule has 0 saturated heterocycles. The molecule has 0 aliphatic heterocycles. The molecule has 2 rings (SSSR count). The quantitative estimate of drug-likeness (QED) is 0.865. The van der Waals surface area contributed by atoms with E-state index in [0.29, 0.717) is 6.42 Å². The van der Waals surface area contributed by atoms with E-state index in [1.165, 1.54) is 0 Å². The van der Waals surface area contributed by atoms with E-state index in [9.17, 15) is 9.90 Å². The summed E-state index contributed by atoms with van der Waals surface area (Å²) >= 11 is 0. The zero-order valence-electron chi connectivity index (χ0n) is 11.0. The maximum absolute atomic E-state index is 11.5. The van der Waals surface area contributed by atoms with E-state index in [0.717, 1.165) is 24.1 Å². The van der Waals surface area contributed by atoms with Crippen LogP contribution in [0, 0.1) is 0 Å². The van der Waals surface area contributed by atoms with Crippen molar-refractivity contribution in [1.29, 1.82) is 0 Å². The summed E-state index contributed by atoms with van der Waals surface area (Å²) in [6.07, 6.45) is 7.79. The van der Waals surface area contributed by atoms with Crippen LogP contribution in [-0.2, 0) is 4.79 Å². The van der Waals surface area contributed by atoms with Crippen molar-refractivity contribution in [3.05, 3.63) is 48.5 Å². The van der Waals surface area contributed by atoms with Crippen molar-refractivity contribution in [2.24, 2.45) is 0 Å². The molecule has 0 saturated carbocycles. The minimum absolute atomic E-state index is 0.460. The van der Waals surface area contributed by atoms with E-state index >= 15 is 0 Å². The van der Waals surface area contributed by atoms with Gasteiger partial charge in [-0.1, -0.05) is 38.0 Å². The molecular weight excluding hydrogens is 240 g/mol. The summed E-state index contributed by atoms with van der Waals surface area (Å²) in [5.41, 5.74) is 1.74. The summed E-state index contributed by atoms with van der Waals surface area (Å²) in [5.74, 6) is -1.22.